The quantitative estimate of drug-likeness (QED) is 0.849. The fraction of sp³-hybridized carbons (Fsp3) is 0.300. The molecule has 1 atom stereocenters. The van der Waals surface area contributed by atoms with Gasteiger partial charge in [-0.2, -0.15) is 0 Å². The van der Waals surface area contributed by atoms with Crippen molar-refractivity contribution in [2.45, 2.75) is 6.42 Å². The molecule has 1 aliphatic heterocycles. The highest BCUT2D eigenvalue weighted by atomic mass is 35.5. The van der Waals surface area contributed by atoms with Gasteiger partial charge in [0.05, 0.1) is 16.6 Å². The van der Waals surface area contributed by atoms with Gasteiger partial charge in [0.15, 0.2) is 0 Å². The second-order valence-electron chi connectivity index (χ2n) is 6.40. The first-order valence-electron chi connectivity index (χ1n) is 8.65. The third-order valence-electron chi connectivity index (χ3n) is 4.58. The van der Waals surface area contributed by atoms with E-state index in [1.807, 2.05) is 49.5 Å². The van der Waals surface area contributed by atoms with Crippen molar-refractivity contribution in [1.82, 2.24) is 5.32 Å². The number of nitrogens with zero attached hydrogens (tertiary/aromatic N) is 2. The van der Waals surface area contributed by atoms with E-state index in [1.54, 1.807) is 17.0 Å². The number of hydrogen-bond acceptors (Lipinski definition) is 3. The molecule has 26 heavy (non-hydrogen) atoms. The van der Waals surface area contributed by atoms with Gasteiger partial charge in [0, 0.05) is 38.8 Å². The highest BCUT2D eigenvalue weighted by Crippen LogP contribution is 2.30. The van der Waals surface area contributed by atoms with Gasteiger partial charge in [0.25, 0.3) is 0 Å². The third kappa shape index (κ3) is 4.17. The van der Waals surface area contributed by atoms with Gasteiger partial charge >= 0.3 is 0 Å². The second kappa shape index (κ2) is 8.23. The third-order valence-corrected chi connectivity index (χ3v) is 4.90. The Morgan fingerprint density at radius 2 is 1.88 bits per heavy atom. The molecular formula is C20H22ClN3O2. The number of carbonyl (C=O) groups excluding carboxylic acids is 2. The lowest BCUT2D eigenvalue weighted by atomic mass is 10.1. The van der Waals surface area contributed by atoms with Crippen molar-refractivity contribution in [2.24, 2.45) is 5.92 Å². The molecule has 1 unspecified atom stereocenters. The molecule has 1 heterocycles. The summed E-state index contributed by atoms with van der Waals surface area (Å²) in [7, 11) is 1.99. The van der Waals surface area contributed by atoms with E-state index in [1.165, 1.54) is 0 Å². The Morgan fingerprint density at radius 1 is 1.19 bits per heavy atom. The van der Waals surface area contributed by atoms with Crippen LogP contribution in [0.4, 0.5) is 11.4 Å². The van der Waals surface area contributed by atoms with Gasteiger partial charge in [-0.1, -0.05) is 41.9 Å². The van der Waals surface area contributed by atoms with E-state index < -0.39 is 0 Å². The van der Waals surface area contributed by atoms with Crippen LogP contribution in [0.25, 0.3) is 0 Å². The number of carbonyl (C=O) groups is 2. The molecule has 0 saturated carbocycles. The molecule has 136 valence electrons. The Balaban J connectivity index is 1.51. The zero-order valence-corrected chi connectivity index (χ0v) is 15.4. The molecule has 5 nitrogen and oxygen atoms in total. The Bertz CT molecular complexity index is 782. The molecule has 0 aliphatic carbocycles. The summed E-state index contributed by atoms with van der Waals surface area (Å²) >= 11 is 6.17. The SMILES string of the molecule is CN(CCNC(=O)C1CC(=O)N(c2ccccc2Cl)C1)c1ccccc1. The van der Waals surface area contributed by atoms with Crippen molar-refractivity contribution in [1.29, 1.82) is 0 Å². The summed E-state index contributed by atoms with van der Waals surface area (Å²) in [5.41, 5.74) is 1.76. The maximum atomic E-state index is 12.4. The molecular weight excluding hydrogens is 350 g/mol. The lowest BCUT2D eigenvalue weighted by Gasteiger charge is -2.20. The number of para-hydroxylation sites is 2. The topological polar surface area (TPSA) is 52.7 Å². The highest BCUT2D eigenvalue weighted by molar-refractivity contribution is 6.33. The lowest BCUT2D eigenvalue weighted by Crippen LogP contribution is -2.37. The molecule has 2 aromatic rings. The number of nitrogens with one attached hydrogen (secondary N) is 1. The van der Waals surface area contributed by atoms with Crippen LogP contribution >= 0.6 is 11.6 Å². The Hall–Kier alpha value is -2.53. The smallest absolute Gasteiger partial charge is 0.227 e. The van der Waals surface area contributed by atoms with Crippen molar-refractivity contribution < 1.29 is 9.59 Å². The Labute approximate surface area is 158 Å². The molecule has 6 heteroatoms. The summed E-state index contributed by atoms with van der Waals surface area (Å²) in [6.45, 7) is 1.59. The van der Waals surface area contributed by atoms with Crippen LogP contribution in [0.1, 0.15) is 6.42 Å². The monoisotopic (exact) mass is 371 g/mol. The first-order valence-corrected chi connectivity index (χ1v) is 9.03. The van der Waals surface area contributed by atoms with Crippen molar-refractivity contribution >= 4 is 34.8 Å². The summed E-state index contributed by atoms with van der Waals surface area (Å²) in [6.07, 6.45) is 0.214. The maximum absolute atomic E-state index is 12.4. The number of hydrogen-bond donors (Lipinski definition) is 1. The number of benzene rings is 2. The molecule has 0 bridgehead atoms. The summed E-state index contributed by atoms with van der Waals surface area (Å²) in [5, 5.41) is 3.46. The van der Waals surface area contributed by atoms with E-state index in [0.717, 1.165) is 5.69 Å². The fourth-order valence-electron chi connectivity index (χ4n) is 3.09. The molecule has 2 amide bonds. The van der Waals surface area contributed by atoms with Crippen LogP contribution in [0.5, 0.6) is 0 Å². The number of halogens is 1. The van der Waals surface area contributed by atoms with Crippen molar-refractivity contribution in [2.75, 3.05) is 36.5 Å². The minimum absolute atomic E-state index is 0.0698. The van der Waals surface area contributed by atoms with Crippen LogP contribution in [0.15, 0.2) is 54.6 Å². The van der Waals surface area contributed by atoms with E-state index in [4.69, 9.17) is 11.6 Å². The van der Waals surface area contributed by atoms with Crippen LogP contribution in [0, 0.1) is 5.92 Å². The van der Waals surface area contributed by atoms with Gasteiger partial charge in [0.1, 0.15) is 0 Å². The van der Waals surface area contributed by atoms with E-state index in [0.29, 0.717) is 30.3 Å². The average Bonchev–Trinajstić information content (AvgIpc) is 3.04. The van der Waals surface area contributed by atoms with Gasteiger partial charge in [-0.05, 0) is 24.3 Å². The molecule has 2 aromatic carbocycles. The van der Waals surface area contributed by atoms with E-state index in [-0.39, 0.29) is 24.2 Å². The van der Waals surface area contributed by atoms with E-state index in [9.17, 15) is 9.59 Å². The molecule has 1 N–H and O–H groups in total. The van der Waals surface area contributed by atoms with Crippen LogP contribution < -0.4 is 15.1 Å². The molecule has 0 aromatic heterocycles. The van der Waals surface area contributed by atoms with E-state index >= 15 is 0 Å². The maximum Gasteiger partial charge on any atom is 0.227 e. The van der Waals surface area contributed by atoms with Crippen molar-refractivity contribution in [3.63, 3.8) is 0 Å². The van der Waals surface area contributed by atoms with Crippen LogP contribution in [0.3, 0.4) is 0 Å². The molecule has 3 rings (SSSR count). The number of amides is 2. The number of anilines is 2. The Kier molecular flexibility index (Phi) is 5.78. The summed E-state index contributed by atoms with van der Waals surface area (Å²) in [5.74, 6) is -0.505. The first-order chi connectivity index (χ1) is 12.6. The minimum atomic E-state index is -0.346. The molecule has 0 spiro atoms. The predicted octanol–water partition coefficient (Wildman–Crippen LogP) is 2.95. The molecule has 1 fully saturated rings. The first kappa shape index (κ1) is 18.3. The van der Waals surface area contributed by atoms with Crippen molar-refractivity contribution in [3.8, 4) is 0 Å². The number of rotatable bonds is 6. The zero-order valence-electron chi connectivity index (χ0n) is 14.7. The van der Waals surface area contributed by atoms with Gasteiger partial charge in [-0.3, -0.25) is 9.59 Å². The van der Waals surface area contributed by atoms with Gasteiger partial charge in [-0.25, -0.2) is 0 Å². The van der Waals surface area contributed by atoms with Gasteiger partial charge in [-0.15, -0.1) is 0 Å². The van der Waals surface area contributed by atoms with Crippen LogP contribution in [-0.2, 0) is 9.59 Å². The predicted molar refractivity (Wildman–Crippen MR) is 105 cm³/mol. The molecule has 0 radical (unpaired) electrons. The Morgan fingerprint density at radius 3 is 2.62 bits per heavy atom. The fourth-order valence-corrected chi connectivity index (χ4v) is 3.33. The molecule has 1 saturated heterocycles. The lowest BCUT2D eigenvalue weighted by molar-refractivity contribution is -0.126. The van der Waals surface area contributed by atoms with Gasteiger partial charge in [0.2, 0.25) is 11.8 Å². The van der Waals surface area contributed by atoms with Gasteiger partial charge < -0.3 is 15.1 Å². The van der Waals surface area contributed by atoms with Crippen LogP contribution in [0.2, 0.25) is 5.02 Å². The van der Waals surface area contributed by atoms with Crippen molar-refractivity contribution in [3.05, 3.63) is 59.6 Å². The van der Waals surface area contributed by atoms with Crippen LogP contribution in [-0.4, -0.2) is 38.5 Å². The average molecular weight is 372 g/mol. The highest BCUT2D eigenvalue weighted by Gasteiger charge is 2.35. The van der Waals surface area contributed by atoms with E-state index in [2.05, 4.69) is 10.2 Å². The minimum Gasteiger partial charge on any atom is -0.373 e. The standard InChI is InChI=1S/C20H22ClN3O2/c1-23(16-7-3-2-4-8-16)12-11-22-20(26)15-13-19(25)24(14-15)18-10-6-5-9-17(18)21/h2-10,15H,11-14H2,1H3,(H,22,26). The summed E-state index contributed by atoms with van der Waals surface area (Å²) < 4.78 is 0. The zero-order chi connectivity index (χ0) is 18.5. The molecule has 1 aliphatic rings. The normalized spacial score (nSPS) is 16.6. The second-order valence-corrected chi connectivity index (χ2v) is 6.81. The number of likely N-dealkylation sites (N-methyl/N-ethyl adjacent to an activating group) is 1. The summed E-state index contributed by atoms with van der Waals surface area (Å²) in [6, 6.07) is 17.2. The summed E-state index contributed by atoms with van der Waals surface area (Å²) in [4.78, 5) is 28.4. The largest absolute Gasteiger partial charge is 0.373 e.